The number of halogens is 3. The summed E-state index contributed by atoms with van der Waals surface area (Å²) < 4.78 is 33.6. The van der Waals surface area contributed by atoms with Crippen LogP contribution in [0.2, 0.25) is 5.02 Å². The summed E-state index contributed by atoms with van der Waals surface area (Å²) >= 11 is 5.84. The normalized spacial score (nSPS) is 10.4. The number of nitrogens with one attached hydrogen (secondary N) is 2. The van der Waals surface area contributed by atoms with Gasteiger partial charge in [0.15, 0.2) is 0 Å². The summed E-state index contributed by atoms with van der Waals surface area (Å²) in [6.07, 6.45) is 0. The molecule has 2 N–H and O–H groups in total. The molecule has 0 atom stereocenters. The van der Waals surface area contributed by atoms with E-state index in [0.29, 0.717) is 17.1 Å². The van der Waals surface area contributed by atoms with Crippen molar-refractivity contribution in [1.29, 1.82) is 0 Å². The van der Waals surface area contributed by atoms with Gasteiger partial charge in [0.2, 0.25) is 5.91 Å². The molecule has 0 saturated carbocycles. The van der Waals surface area contributed by atoms with E-state index in [-0.39, 0.29) is 23.2 Å². The molecule has 2 rings (SSSR count). The lowest BCUT2D eigenvalue weighted by molar-refractivity contribution is -0.114. The molecular weight excluding hydrogens is 342 g/mol. The van der Waals surface area contributed by atoms with E-state index in [1.165, 1.54) is 25.3 Å². The number of hydrogen-bond acceptors (Lipinski definition) is 4. The number of benzene rings is 2. The zero-order valence-corrected chi connectivity index (χ0v) is 13.4. The lowest BCUT2D eigenvalue weighted by atomic mass is 10.3. The van der Waals surface area contributed by atoms with Crippen molar-refractivity contribution in [3.8, 4) is 11.5 Å². The van der Waals surface area contributed by atoms with Crippen molar-refractivity contribution in [1.82, 2.24) is 0 Å². The average Bonchev–Trinajstić information content (AvgIpc) is 2.55. The smallest absolute Gasteiger partial charge is 0.387 e. The fraction of sp³-hybridized carbons (Fsp3) is 0.188. The number of rotatable bonds is 7. The highest BCUT2D eigenvalue weighted by Crippen LogP contribution is 2.28. The van der Waals surface area contributed by atoms with Gasteiger partial charge in [-0.3, -0.25) is 4.79 Å². The molecule has 0 radical (unpaired) electrons. The van der Waals surface area contributed by atoms with Crippen LogP contribution < -0.4 is 20.1 Å². The Morgan fingerprint density at radius 3 is 2.67 bits per heavy atom. The van der Waals surface area contributed by atoms with Crippen molar-refractivity contribution in [3.05, 3.63) is 47.5 Å². The van der Waals surface area contributed by atoms with Crippen LogP contribution in [0.5, 0.6) is 11.5 Å². The summed E-state index contributed by atoms with van der Waals surface area (Å²) in [6.45, 7) is -2.97. The number of carbonyl (C=O) groups is 1. The Morgan fingerprint density at radius 1 is 1.21 bits per heavy atom. The third-order valence-electron chi connectivity index (χ3n) is 2.95. The van der Waals surface area contributed by atoms with Crippen molar-refractivity contribution in [2.45, 2.75) is 6.61 Å². The van der Waals surface area contributed by atoms with Crippen LogP contribution in [0.15, 0.2) is 42.5 Å². The molecule has 0 fully saturated rings. The zero-order valence-electron chi connectivity index (χ0n) is 12.7. The highest BCUT2D eigenvalue weighted by molar-refractivity contribution is 6.32. The van der Waals surface area contributed by atoms with Gasteiger partial charge in [-0.25, -0.2) is 0 Å². The molecule has 0 bridgehead atoms. The van der Waals surface area contributed by atoms with Gasteiger partial charge >= 0.3 is 6.61 Å². The largest absolute Gasteiger partial charge is 0.497 e. The Labute approximate surface area is 142 Å². The molecule has 1 amide bonds. The predicted octanol–water partition coefficient (Wildman–Crippen LogP) is 4.00. The van der Waals surface area contributed by atoms with E-state index in [2.05, 4.69) is 15.4 Å². The van der Waals surface area contributed by atoms with E-state index in [1.807, 2.05) is 0 Å². The molecule has 2 aromatic rings. The number of ether oxygens (including phenoxy) is 2. The van der Waals surface area contributed by atoms with Gasteiger partial charge in [0, 0.05) is 17.4 Å². The molecule has 0 unspecified atom stereocenters. The van der Waals surface area contributed by atoms with Crippen molar-refractivity contribution in [3.63, 3.8) is 0 Å². The van der Waals surface area contributed by atoms with Gasteiger partial charge in [-0.1, -0.05) is 17.7 Å². The molecule has 0 aromatic heterocycles. The van der Waals surface area contributed by atoms with Crippen LogP contribution in [0.4, 0.5) is 20.2 Å². The first-order valence-electron chi connectivity index (χ1n) is 6.90. The van der Waals surface area contributed by atoms with E-state index in [0.717, 1.165) is 0 Å². The second-order valence-corrected chi connectivity index (χ2v) is 5.06. The molecule has 0 heterocycles. The van der Waals surface area contributed by atoms with E-state index in [1.54, 1.807) is 24.3 Å². The first-order valence-corrected chi connectivity index (χ1v) is 7.28. The summed E-state index contributed by atoms with van der Waals surface area (Å²) in [5.41, 5.74) is 1.10. The van der Waals surface area contributed by atoms with Crippen molar-refractivity contribution in [2.75, 3.05) is 24.3 Å². The van der Waals surface area contributed by atoms with Gasteiger partial charge in [0.25, 0.3) is 0 Å². The Bertz CT molecular complexity index is 713. The van der Waals surface area contributed by atoms with Gasteiger partial charge in [0.1, 0.15) is 11.5 Å². The Balaban J connectivity index is 1.90. The van der Waals surface area contributed by atoms with Crippen molar-refractivity contribution < 1.29 is 23.0 Å². The number of alkyl halides is 2. The van der Waals surface area contributed by atoms with Crippen LogP contribution >= 0.6 is 11.6 Å². The number of hydrogen-bond donors (Lipinski definition) is 2. The standard InChI is InChI=1S/C16H15ClF2N2O3/c1-23-12-4-2-3-11(7-12)21-15(22)9-20-10-5-6-14(13(17)8-10)24-16(18)19/h2-8,16,20H,9H2,1H3,(H,21,22). The molecule has 2 aromatic carbocycles. The van der Waals surface area contributed by atoms with Crippen molar-refractivity contribution >= 4 is 28.9 Å². The quantitative estimate of drug-likeness (QED) is 0.787. The highest BCUT2D eigenvalue weighted by Gasteiger charge is 2.09. The maximum atomic E-state index is 12.2. The number of amides is 1. The molecule has 128 valence electrons. The second-order valence-electron chi connectivity index (χ2n) is 4.66. The highest BCUT2D eigenvalue weighted by atomic mass is 35.5. The predicted molar refractivity (Wildman–Crippen MR) is 88.2 cm³/mol. The van der Waals surface area contributed by atoms with Gasteiger partial charge in [-0.2, -0.15) is 8.78 Å². The summed E-state index contributed by atoms with van der Waals surface area (Å²) in [4.78, 5) is 11.9. The maximum Gasteiger partial charge on any atom is 0.387 e. The fourth-order valence-corrected chi connectivity index (χ4v) is 2.12. The van der Waals surface area contributed by atoms with Crippen molar-refractivity contribution in [2.24, 2.45) is 0 Å². The Hall–Kier alpha value is -2.54. The van der Waals surface area contributed by atoms with Gasteiger partial charge in [-0.05, 0) is 30.3 Å². The van der Waals surface area contributed by atoms with Crippen LogP contribution in [0.3, 0.4) is 0 Å². The number of methoxy groups -OCH3 is 1. The Morgan fingerprint density at radius 2 is 2.00 bits per heavy atom. The van der Waals surface area contributed by atoms with E-state index in [4.69, 9.17) is 16.3 Å². The fourth-order valence-electron chi connectivity index (χ4n) is 1.89. The van der Waals surface area contributed by atoms with E-state index in [9.17, 15) is 13.6 Å². The molecule has 0 saturated heterocycles. The average molecular weight is 357 g/mol. The molecule has 8 heteroatoms. The van der Waals surface area contributed by atoms with Crippen LogP contribution in [-0.4, -0.2) is 26.2 Å². The molecule has 5 nitrogen and oxygen atoms in total. The first-order chi connectivity index (χ1) is 11.5. The van der Waals surface area contributed by atoms with E-state index < -0.39 is 6.61 Å². The molecule has 0 aliphatic carbocycles. The SMILES string of the molecule is COc1cccc(NC(=O)CNc2ccc(OC(F)F)c(Cl)c2)c1. The third kappa shape index (κ3) is 5.27. The Kier molecular flexibility index (Phi) is 6.20. The lowest BCUT2D eigenvalue weighted by Gasteiger charge is -2.11. The molecule has 24 heavy (non-hydrogen) atoms. The van der Waals surface area contributed by atoms with Gasteiger partial charge in [0.05, 0.1) is 18.7 Å². The first kappa shape index (κ1) is 17.8. The molecule has 0 spiro atoms. The van der Waals surface area contributed by atoms with Crippen LogP contribution in [-0.2, 0) is 4.79 Å². The lowest BCUT2D eigenvalue weighted by Crippen LogP contribution is -2.21. The summed E-state index contributed by atoms with van der Waals surface area (Å²) in [5, 5.41) is 5.57. The second kappa shape index (κ2) is 8.35. The molecule has 0 aliphatic heterocycles. The summed E-state index contributed by atoms with van der Waals surface area (Å²) in [7, 11) is 1.54. The summed E-state index contributed by atoms with van der Waals surface area (Å²) in [5.74, 6) is 0.215. The van der Waals surface area contributed by atoms with Gasteiger partial charge < -0.3 is 20.1 Å². The van der Waals surface area contributed by atoms with Crippen LogP contribution in [0.25, 0.3) is 0 Å². The van der Waals surface area contributed by atoms with Crippen LogP contribution in [0.1, 0.15) is 0 Å². The zero-order chi connectivity index (χ0) is 17.5. The van der Waals surface area contributed by atoms with Gasteiger partial charge in [-0.15, -0.1) is 0 Å². The van der Waals surface area contributed by atoms with E-state index >= 15 is 0 Å². The number of carbonyl (C=O) groups excluding carboxylic acids is 1. The van der Waals surface area contributed by atoms with Crippen LogP contribution in [0, 0.1) is 0 Å². The topological polar surface area (TPSA) is 59.6 Å². The third-order valence-corrected chi connectivity index (χ3v) is 3.25. The minimum atomic E-state index is -2.95. The monoisotopic (exact) mass is 356 g/mol. The number of anilines is 2. The maximum absolute atomic E-state index is 12.2. The minimum Gasteiger partial charge on any atom is -0.497 e. The molecular formula is C16H15ClF2N2O3. The summed E-state index contributed by atoms with van der Waals surface area (Å²) in [6, 6.07) is 11.1. The molecule has 0 aliphatic rings. The minimum absolute atomic E-state index is 0.0218.